The molecule has 0 rings (SSSR count). The van der Waals surface area contributed by atoms with E-state index < -0.39 is 5.69 Å². The number of rotatable bonds is 5. The number of nitrogens with one attached hydrogen (secondary N) is 1. The van der Waals surface area contributed by atoms with Gasteiger partial charge in [0.2, 0.25) is 11.6 Å². The van der Waals surface area contributed by atoms with Gasteiger partial charge in [0, 0.05) is 21.3 Å². The van der Waals surface area contributed by atoms with Gasteiger partial charge >= 0.3 is 0 Å². The molecule has 0 aromatic carbocycles. The zero-order valence-electron chi connectivity index (χ0n) is 8.01. The van der Waals surface area contributed by atoms with Crippen molar-refractivity contribution < 1.29 is 13.8 Å². The molecule has 0 unspecified atom stereocenters. The van der Waals surface area contributed by atoms with E-state index in [1.165, 1.54) is 25.6 Å². The maximum atomic E-state index is 10.8. The number of amides is 1. The van der Waals surface area contributed by atoms with E-state index in [0.717, 1.165) is 0 Å². The molecule has 0 radical (unpaired) electrons. The monoisotopic (exact) mass is 389 g/mol. The van der Waals surface area contributed by atoms with Crippen LogP contribution in [0.1, 0.15) is 0 Å². The van der Waals surface area contributed by atoms with E-state index in [1.807, 2.05) is 0 Å². The number of hydrogen-bond donors (Lipinski definition) is 1. The molecule has 88 valence electrons. The number of carbonyl (C=O) groups is 1. The van der Waals surface area contributed by atoms with Gasteiger partial charge in [0.15, 0.2) is 0 Å². The molecule has 0 aliphatic heterocycles. The van der Waals surface area contributed by atoms with Crippen molar-refractivity contribution in [1.82, 2.24) is 5.32 Å². The summed E-state index contributed by atoms with van der Waals surface area (Å²) >= 11 is 6.25. The fourth-order valence-electron chi connectivity index (χ4n) is 0.390. The minimum atomic E-state index is -2.26. The molecular formula is C5H14Br2NO3PS2. The summed E-state index contributed by atoms with van der Waals surface area (Å²) in [7, 11) is 4.55. The SMILES string of the molecule is Br.Br.CNC(=O)CSP(=S)(OC)OC. The zero-order valence-corrected chi connectivity index (χ0v) is 14.0. The lowest BCUT2D eigenvalue weighted by Crippen LogP contribution is -2.19. The highest BCUT2D eigenvalue weighted by atomic mass is 79.9. The van der Waals surface area contributed by atoms with Crippen LogP contribution in [0.3, 0.4) is 0 Å². The van der Waals surface area contributed by atoms with Gasteiger partial charge in [0.25, 0.3) is 0 Å². The third kappa shape index (κ3) is 8.64. The quantitative estimate of drug-likeness (QED) is 0.728. The first kappa shape index (κ1) is 20.7. The Hall–Kier alpha value is 1.35. The van der Waals surface area contributed by atoms with E-state index in [4.69, 9.17) is 20.9 Å². The molecule has 9 heteroatoms. The van der Waals surface area contributed by atoms with Crippen molar-refractivity contribution >= 4 is 68.8 Å². The summed E-state index contributed by atoms with van der Waals surface area (Å²) in [6.07, 6.45) is 0. The fourth-order valence-corrected chi connectivity index (χ4v) is 3.10. The van der Waals surface area contributed by atoms with Gasteiger partial charge in [-0.1, -0.05) is 11.4 Å². The molecular weight excluding hydrogens is 377 g/mol. The van der Waals surface area contributed by atoms with Crippen molar-refractivity contribution in [3.8, 4) is 0 Å². The van der Waals surface area contributed by atoms with E-state index in [9.17, 15) is 4.79 Å². The Kier molecular flexibility index (Phi) is 16.1. The van der Waals surface area contributed by atoms with Gasteiger partial charge in [-0.25, -0.2) is 0 Å². The lowest BCUT2D eigenvalue weighted by molar-refractivity contribution is -0.118. The van der Waals surface area contributed by atoms with Gasteiger partial charge in [-0.2, -0.15) is 0 Å². The molecule has 0 bridgehead atoms. The van der Waals surface area contributed by atoms with Crippen molar-refractivity contribution in [2.45, 2.75) is 0 Å². The average molecular weight is 391 g/mol. The van der Waals surface area contributed by atoms with Crippen molar-refractivity contribution in [1.29, 1.82) is 0 Å². The summed E-state index contributed by atoms with van der Waals surface area (Å²) in [4.78, 5) is 10.8. The molecule has 1 amide bonds. The maximum absolute atomic E-state index is 10.8. The number of hydrogen-bond acceptors (Lipinski definition) is 5. The van der Waals surface area contributed by atoms with Crippen LogP contribution in [0.4, 0.5) is 0 Å². The Labute approximate surface area is 114 Å². The van der Waals surface area contributed by atoms with Gasteiger partial charge in [-0.05, 0) is 11.8 Å². The normalized spacial score (nSPS) is 9.64. The van der Waals surface area contributed by atoms with Crippen LogP contribution < -0.4 is 5.32 Å². The second-order valence-corrected chi connectivity index (χ2v) is 8.28. The van der Waals surface area contributed by atoms with Crippen molar-refractivity contribution in [3.63, 3.8) is 0 Å². The van der Waals surface area contributed by atoms with Gasteiger partial charge in [0.1, 0.15) is 0 Å². The van der Waals surface area contributed by atoms with Crippen LogP contribution in [0, 0.1) is 0 Å². The largest absolute Gasteiger partial charge is 0.358 e. The summed E-state index contributed by atoms with van der Waals surface area (Å²) < 4.78 is 9.94. The second kappa shape index (κ2) is 10.9. The van der Waals surface area contributed by atoms with E-state index in [1.54, 1.807) is 7.05 Å². The first-order chi connectivity index (χ1) is 5.58. The van der Waals surface area contributed by atoms with E-state index in [2.05, 4.69) is 5.32 Å². The summed E-state index contributed by atoms with van der Waals surface area (Å²) in [5.74, 6) is 0.193. The van der Waals surface area contributed by atoms with Crippen LogP contribution in [-0.4, -0.2) is 32.9 Å². The molecule has 0 saturated heterocycles. The predicted molar refractivity (Wildman–Crippen MR) is 75.5 cm³/mol. The fraction of sp³-hybridized carbons (Fsp3) is 0.800. The molecule has 0 fully saturated rings. The lowest BCUT2D eigenvalue weighted by atomic mass is 10.7. The highest BCUT2D eigenvalue weighted by Crippen LogP contribution is 2.59. The van der Waals surface area contributed by atoms with Crippen molar-refractivity contribution in [3.05, 3.63) is 0 Å². The molecule has 0 aliphatic rings. The molecule has 1 N–H and O–H groups in total. The van der Waals surface area contributed by atoms with Gasteiger partial charge in [-0.3, -0.25) is 4.79 Å². The Morgan fingerprint density at radius 1 is 1.43 bits per heavy atom. The highest BCUT2D eigenvalue weighted by Gasteiger charge is 2.17. The third-order valence-electron chi connectivity index (χ3n) is 1.08. The molecule has 0 aliphatic carbocycles. The van der Waals surface area contributed by atoms with Crippen LogP contribution in [0.15, 0.2) is 0 Å². The molecule has 0 atom stereocenters. The predicted octanol–water partition coefficient (Wildman–Crippen LogP) is 2.14. The Bertz CT molecular complexity index is 199. The van der Waals surface area contributed by atoms with Gasteiger partial charge in [-0.15, -0.1) is 34.0 Å². The van der Waals surface area contributed by atoms with Crippen molar-refractivity contribution in [2.24, 2.45) is 0 Å². The highest BCUT2D eigenvalue weighted by molar-refractivity contribution is 8.93. The second-order valence-electron chi connectivity index (χ2n) is 1.76. The zero-order chi connectivity index (χ0) is 9.61. The first-order valence-corrected chi connectivity index (χ1v) is 7.37. The Morgan fingerprint density at radius 3 is 2.14 bits per heavy atom. The van der Waals surface area contributed by atoms with Gasteiger partial charge < -0.3 is 14.4 Å². The van der Waals surface area contributed by atoms with E-state index in [0.29, 0.717) is 0 Å². The summed E-state index contributed by atoms with van der Waals surface area (Å²) in [5.41, 5.74) is -2.26. The molecule has 4 nitrogen and oxygen atoms in total. The Balaban J connectivity index is -0.000000605. The summed E-state index contributed by atoms with van der Waals surface area (Å²) in [6, 6.07) is 0. The molecule has 0 aromatic rings. The minimum absolute atomic E-state index is 0. The lowest BCUT2D eigenvalue weighted by Gasteiger charge is -2.15. The van der Waals surface area contributed by atoms with Crippen LogP contribution in [0.2, 0.25) is 0 Å². The van der Waals surface area contributed by atoms with Crippen molar-refractivity contribution in [2.75, 3.05) is 27.0 Å². The Morgan fingerprint density at radius 2 is 1.86 bits per heavy atom. The molecule has 0 heterocycles. The average Bonchev–Trinajstić information content (AvgIpc) is 2.13. The summed E-state index contributed by atoms with van der Waals surface area (Å²) in [6.45, 7) is 0. The minimum Gasteiger partial charge on any atom is -0.358 e. The third-order valence-corrected chi connectivity index (χ3v) is 6.76. The molecule has 0 spiro atoms. The molecule has 14 heavy (non-hydrogen) atoms. The van der Waals surface area contributed by atoms with Gasteiger partial charge in [0.05, 0.1) is 5.75 Å². The summed E-state index contributed by atoms with van der Waals surface area (Å²) in [5, 5.41) is 2.49. The number of carbonyl (C=O) groups excluding carboxylic acids is 1. The smallest absolute Gasteiger partial charge is 0.247 e. The first-order valence-electron chi connectivity index (χ1n) is 3.14. The van der Waals surface area contributed by atoms with Crippen LogP contribution in [0.25, 0.3) is 0 Å². The topological polar surface area (TPSA) is 47.6 Å². The van der Waals surface area contributed by atoms with Crippen LogP contribution in [0.5, 0.6) is 0 Å². The van der Waals surface area contributed by atoms with Crippen LogP contribution >= 0.6 is 51.0 Å². The van der Waals surface area contributed by atoms with E-state index in [-0.39, 0.29) is 45.6 Å². The number of halogens is 2. The molecule has 0 aromatic heterocycles. The molecule has 0 saturated carbocycles. The maximum Gasteiger partial charge on any atom is 0.247 e. The van der Waals surface area contributed by atoms with Crippen LogP contribution in [-0.2, 0) is 25.6 Å². The standard InChI is InChI=1S/C5H12NO3PS2.2BrH/c1-6-5(7)4-12-10(11,8-2)9-3;;/h4H2,1-3H3,(H,6,7);2*1H. The van der Waals surface area contributed by atoms with E-state index >= 15 is 0 Å².